The van der Waals surface area contributed by atoms with E-state index in [1.807, 2.05) is 12.1 Å². The summed E-state index contributed by atoms with van der Waals surface area (Å²) in [6, 6.07) is 7.29. The third kappa shape index (κ3) is 5.06. The Morgan fingerprint density at radius 2 is 2.12 bits per heavy atom. The maximum Gasteiger partial charge on any atom is 0.330 e. The summed E-state index contributed by atoms with van der Waals surface area (Å²) in [4.78, 5) is 11.0. The molecular weight excluding hydrogens is 218 g/mol. The van der Waals surface area contributed by atoms with Gasteiger partial charge in [0.05, 0.1) is 18.9 Å². The molecule has 1 rings (SSSR count). The van der Waals surface area contributed by atoms with Crippen LogP contribution in [-0.2, 0) is 9.53 Å². The third-order valence-electron chi connectivity index (χ3n) is 2.01. The van der Waals surface area contributed by atoms with E-state index < -0.39 is 0 Å². The SMILES string of the molecule is CC=CC(=O)OCCCOc1ccccc1N. The highest BCUT2D eigenvalue weighted by Gasteiger charge is 1.99. The number of rotatable bonds is 6. The number of anilines is 1. The van der Waals surface area contributed by atoms with Gasteiger partial charge in [-0.25, -0.2) is 4.79 Å². The summed E-state index contributed by atoms with van der Waals surface area (Å²) < 4.78 is 10.4. The monoisotopic (exact) mass is 235 g/mol. The molecule has 4 nitrogen and oxygen atoms in total. The van der Waals surface area contributed by atoms with Crippen molar-refractivity contribution in [3.8, 4) is 5.75 Å². The predicted octanol–water partition coefficient (Wildman–Crippen LogP) is 2.16. The van der Waals surface area contributed by atoms with Crippen molar-refractivity contribution < 1.29 is 14.3 Å². The van der Waals surface area contributed by atoms with Gasteiger partial charge in [0.25, 0.3) is 0 Å². The Morgan fingerprint density at radius 1 is 1.35 bits per heavy atom. The van der Waals surface area contributed by atoms with Gasteiger partial charge in [-0.2, -0.15) is 0 Å². The lowest BCUT2D eigenvalue weighted by atomic mass is 10.3. The summed E-state index contributed by atoms with van der Waals surface area (Å²) in [7, 11) is 0. The predicted molar refractivity (Wildman–Crippen MR) is 66.7 cm³/mol. The minimum absolute atomic E-state index is 0.327. The first-order chi connectivity index (χ1) is 8.24. The minimum Gasteiger partial charge on any atom is -0.491 e. The van der Waals surface area contributed by atoms with Gasteiger partial charge in [-0.1, -0.05) is 18.2 Å². The number of nitrogens with two attached hydrogens (primary N) is 1. The van der Waals surface area contributed by atoms with E-state index >= 15 is 0 Å². The maximum absolute atomic E-state index is 11.0. The van der Waals surface area contributed by atoms with Crippen molar-refractivity contribution in [3.05, 3.63) is 36.4 Å². The van der Waals surface area contributed by atoms with Gasteiger partial charge in [0.15, 0.2) is 0 Å². The normalized spacial score (nSPS) is 10.4. The highest BCUT2D eigenvalue weighted by molar-refractivity contribution is 5.81. The third-order valence-corrected chi connectivity index (χ3v) is 2.01. The summed E-state index contributed by atoms with van der Waals surface area (Å²) >= 11 is 0. The number of hydrogen-bond donors (Lipinski definition) is 1. The summed E-state index contributed by atoms with van der Waals surface area (Å²) in [5.41, 5.74) is 6.31. The molecule has 0 saturated heterocycles. The van der Waals surface area contributed by atoms with Crippen LogP contribution in [0.1, 0.15) is 13.3 Å². The van der Waals surface area contributed by atoms with Crippen LogP contribution in [0.5, 0.6) is 5.75 Å². The molecule has 0 spiro atoms. The highest BCUT2D eigenvalue weighted by atomic mass is 16.5. The van der Waals surface area contributed by atoms with Gasteiger partial charge in [-0.3, -0.25) is 0 Å². The second-order valence-corrected chi connectivity index (χ2v) is 3.41. The fourth-order valence-electron chi connectivity index (χ4n) is 1.21. The van der Waals surface area contributed by atoms with E-state index in [0.29, 0.717) is 31.1 Å². The standard InChI is InChI=1S/C13H17NO3/c1-2-6-13(15)17-10-5-9-16-12-8-4-3-7-11(12)14/h2-4,6-8H,5,9-10,14H2,1H3. The van der Waals surface area contributed by atoms with Crippen molar-refractivity contribution in [2.24, 2.45) is 0 Å². The molecule has 0 bridgehead atoms. The quantitative estimate of drug-likeness (QED) is 0.355. The fraction of sp³-hybridized carbons (Fsp3) is 0.308. The first kappa shape index (κ1) is 13.1. The molecule has 92 valence electrons. The summed E-state index contributed by atoms with van der Waals surface area (Å²) in [5, 5.41) is 0. The molecule has 17 heavy (non-hydrogen) atoms. The zero-order chi connectivity index (χ0) is 12.5. The highest BCUT2D eigenvalue weighted by Crippen LogP contribution is 2.19. The first-order valence-corrected chi connectivity index (χ1v) is 5.51. The number of carbonyl (C=O) groups excluding carboxylic acids is 1. The Kier molecular flexibility index (Phi) is 5.64. The molecule has 0 amide bonds. The number of carbonyl (C=O) groups is 1. The lowest BCUT2D eigenvalue weighted by molar-refractivity contribution is -0.137. The Morgan fingerprint density at radius 3 is 2.82 bits per heavy atom. The van der Waals surface area contributed by atoms with E-state index in [9.17, 15) is 4.79 Å². The van der Waals surface area contributed by atoms with Crippen molar-refractivity contribution in [1.29, 1.82) is 0 Å². The molecule has 0 aromatic heterocycles. The molecule has 0 radical (unpaired) electrons. The van der Waals surface area contributed by atoms with Crippen LogP contribution in [0.3, 0.4) is 0 Å². The van der Waals surface area contributed by atoms with Crippen molar-refractivity contribution in [3.63, 3.8) is 0 Å². The van der Waals surface area contributed by atoms with Gasteiger partial charge in [-0.15, -0.1) is 0 Å². The van der Waals surface area contributed by atoms with E-state index in [0.717, 1.165) is 0 Å². The average Bonchev–Trinajstić information content (AvgIpc) is 2.31. The molecular formula is C13H17NO3. The van der Waals surface area contributed by atoms with Crippen LogP contribution in [0.25, 0.3) is 0 Å². The van der Waals surface area contributed by atoms with Crippen LogP contribution >= 0.6 is 0 Å². The lowest BCUT2D eigenvalue weighted by Gasteiger charge is -2.08. The van der Waals surface area contributed by atoms with Crippen molar-refractivity contribution in [2.45, 2.75) is 13.3 Å². The van der Waals surface area contributed by atoms with E-state index in [2.05, 4.69) is 0 Å². The molecule has 0 aliphatic heterocycles. The molecule has 2 N–H and O–H groups in total. The van der Waals surface area contributed by atoms with E-state index in [-0.39, 0.29) is 5.97 Å². The lowest BCUT2D eigenvalue weighted by Crippen LogP contribution is -2.07. The van der Waals surface area contributed by atoms with Gasteiger partial charge in [0, 0.05) is 12.5 Å². The zero-order valence-electron chi connectivity index (χ0n) is 9.89. The van der Waals surface area contributed by atoms with Gasteiger partial charge in [0.1, 0.15) is 5.75 Å². The second kappa shape index (κ2) is 7.33. The largest absolute Gasteiger partial charge is 0.491 e. The minimum atomic E-state index is -0.327. The molecule has 1 aromatic carbocycles. The van der Waals surface area contributed by atoms with E-state index in [1.165, 1.54) is 6.08 Å². The number of hydrogen-bond acceptors (Lipinski definition) is 4. The molecule has 4 heteroatoms. The molecule has 0 unspecified atom stereocenters. The Hall–Kier alpha value is -1.97. The maximum atomic E-state index is 11.0. The summed E-state index contributed by atoms with van der Waals surface area (Å²) in [6.07, 6.45) is 3.66. The molecule has 1 aromatic rings. The van der Waals surface area contributed by atoms with Crippen molar-refractivity contribution in [2.75, 3.05) is 18.9 Å². The topological polar surface area (TPSA) is 61.5 Å². The fourth-order valence-corrected chi connectivity index (χ4v) is 1.21. The van der Waals surface area contributed by atoms with Crippen LogP contribution in [0.15, 0.2) is 36.4 Å². The number of benzene rings is 1. The molecule has 0 aliphatic rings. The summed E-state index contributed by atoms with van der Waals surface area (Å²) in [6.45, 7) is 2.58. The van der Waals surface area contributed by atoms with Crippen LogP contribution in [0.2, 0.25) is 0 Å². The first-order valence-electron chi connectivity index (χ1n) is 5.51. The van der Waals surface area contributed by atoms with E-state index in [4.69, 9.17) is 15.2 Å². The molecule has 0 fully saturated rings. The second-order valence-electron chi connectivity index (χ2n) is 3.41. The number of esters is 1. The van der Waals surface area contributed by atoms with Gasteiger partial charge in [-0.05, 0) is 19.1 Å². The molecule has 0 atom stereocenters. The number of ether oxygens (including phenoxy) is 2. The van der Waals surface area contributed by atoms with Crippen LogP contribution in [-0.4, -0.2) is 19.2 Å². The van der Waals surface area contributed by atoms with Gasteiger partial charge in [0.2, 0.25) is 0 Å². The van der Waals surface area contributed by atoms with E-state index in [1.54, 1.807) is 25.1 Å². The van der Waals surface area contributed by atoms with Gasteiger partial charge < -0.3 is 15.2 Å². The Labute approximate surface area is 101 Å². The Bertz CT molecular complexity index is 388. The summed E-state index contributed by atoms with van der Waals surface area (Å²) in [5.74, 6) is 0.332. The van der Waals surface area contributed by atoms with Crippen molar-refractivity contribution >= 4 is 11.7 Å². The zero-order valence-corrected chi connectivity index (χ0v) is 9.89. The smallest absolute Gasteiger partial charge is 0.330 e. The van der Waals surface area contributed by atoms with Crippen LogP contribution in [0, 0.1) is 0 Å². The molecule has 0 heterocycles. The van der Waals surface area contributed by atoms with Crippen LogP contribution in [0.4, 0.5) is 5.69 Å². The van der Waals surface area contributed by atoms with Crippen molar-refractivity contribution in [1.82, 2.24) is 0 Å². The Balaban J connectivity index is 2.17. The number of para-hydroxylation sites is 2. The average molecular weight is 235 g/mol. The van der Waals surface area contributed by atoms with Gasteiger partial charge >= 0.3 is 5.97 Å². The number of allylic oxidation sites excluding steroid dienone is 1. The number of nitrogen functional groups attached to an aromatic ring is 1. The van der Waals surface area contributed by atoms with Crippen LogP contribution < -0.4 is 10.5 Å². The molecule has 0 aliphatic carbocycles. The molecule has 0 saturated carbocycles.